The highest BCUT2D eigenvalue weighted by atomic mass is 16.6. The molecule has 3 aromatic rings. The lowest BCUT2D eigenvalue weighted by atomic mass is 9.85. The van der Waals surface area contributed by atoms with Gasteiger partial charge in [-0.15, -0.1) is 10.2 Å². The lowest BCUT2D eigenvalue weighted by molar-refractivity contribution is -0.0311. The van der Waals surface area contributed by atoms with Gasteiger partial charge in [-0.25, -0.2) is 4.79 Å². The third-order valence-electron chi connectivity index (χ3n) is 5.63. The van der Waals surface area contributed by atoms with Gasteiger partial charge in [0, 0.05) is 29.4 Å². The predicted molar refractivity (Wildman–Crippen MR) is 113 cm³/mol. The van der Waals surface area contributed by atoms with E-state index in [4.69, 9.17) is 4.74 Å². The van der Waals surface area contributed by atoms with Crippen LogP contribution in [0.4, 0.5) is 10.6 Å². The van der Waals surface area contributed by atoms with Crippen LogP contribution in [-0.4, -0.2) is 52.0 Å². The molecule has 29 heavy (non-hydrogen) atoms. The van der Waals surface area contributed by atoms with Crippen LogP contribution < -0.4 is 4.90 Å². The Kier molecular flexibility index (Phi) is 3.98. The molecule has 2 saturated heterocycles. The Hall–Kier alpha value is -3.15. The topological polar surface area (TPSA) is 58.6 Å². The molecule has 0 radical (unpaired) electrons. The number of anilines is 1. The van der Waals surface area contributed by atoms with Gasteiger partial charge in [-0.3, -0.25) is 4.90 Å². The highest BCUT2D eigenvalue weighted by Crippen LogP contribution is 2.40. The minimum absolute atomic E-state index is 0.194. The number of carbonyl (C=O) groups is 1. The number of nitrogens with zero attached hydrogens (tertiary/aromatic N) is 4. The van der Waals surface area contributed by atoms with Crippen molar-refractivity contribution in [3.63, 3.8) is 0 Å². The van der Waals surface area contributed by atoms with Crippen molar-refractivity contribution in [3.8, 4) is 11.3 Å². The van der Waals surface area contributed by atoms with Gasteiger partial charge in [0.15, 0.2) is 5.82 Å². The van der Waals surface area contributed by atoms with Crippen LogP contribution in [0.15, 0.2) is 54.6 Å². The predicted octanol–water partition coefficient (Wildman–Crippen LogP) is 4.10. The molecule has 2 aromatic carbocycles. The van der Waals surface area contributed by atoms with Gasteiger partial charge >= 0.3 is 6.09 Å². The molecule has 6 nitrogen and oxygen atoms in total. The van der Waals surface area contributed by atoms with Crippen LogP contribution in [0.25, 0.3) is 22.0 Å². The van der Waals surface area contributed by atoms with E-state index in [9.17, 15) is 4.79 Å². The number of ether oxygens (including phenoxy) is 1. The summed E-state index contributed by atoms with van der Waals surface area (Å²) in [5, 5.41) is 11.3. The molecule has 0 saturated carbocycles. The first-order chi connectivity index (χ1) is 13.9. The Morgan fingerprint density at radius 3 is 2.28 bits per heavy atom. The molecule has 2 aliphatic heterocycles. The average molecular weight is 388 g/mol. The molecular weight excluding hydrogens is 364 g/mol. The van der Waals surface area contributed by atoms with E-state index in [0.717, 1.165) is 34.4 Å². The normalized spacial score (nSPS) is 20.7. The Bertz CT molecular complexity index is 1080. The van der Waals surface area contributed by atoms with Gasteiger partial charge < -0.3 is 9.64 Å². The minimum Gasteiger partial charge on any atom is -0.444 e. The molecule has 1 unspecified atom stereocenters. The van der Waals surface area contributed by atoms with Crippen molar-refractivity contribution in [2.75, 3.05) is 18.0 Å². The van der Waals surface area contributed by atoms with Crippen LogP contribution in [0.2, 0.25) is 0 Å². The zero-order valence-electron chi connectivity index (χ0n) is 16.9. The van der Waals surface area contributed by atoms with Gasteiger partial charge in [0.05, 0.1) is 12.1 Å². The lowest BCUT2D eigenvalue weighted by Gasteiger charge is -2.61. The van der Waals surface area contributed by atoms with E-state index in [1.165, 1.54) is 0 Å². The Balaban J connectivity index is 1.41. The van der Waals surface area contributed by atoms with Gasteiger partial charge in [0.25, 0.3) is 0 Å². The molecule has 0 aliphatic carbocycles. The molecule has 0 N–H and O–H groups in total. The summed E-state index contributed by atoms with van der Waals surface area (Å²) >= 11 is 0. The summed E-state index contributed by atoms with van der Waals surface area (Å²) in [6.07, 6.45) is -0.228. The number of carbonyl (C=O) groups excluding carboxylic acids is 1. The van der Waals surface area contributed by atoms with Crippen molar-refractivity contribution < 1.29 is 9.53 Å². The fourth-order valence-electron chi connectivity index (χ4n) is 4.14. The van der Waals surface area contributed by atoms with E-state index in [2.05, 4.69) is 39.4 Å². The fourth-order valence-corrected chi connectivity index (χ4v) is 4.14. The molecule has 2 atom stereocenters. The molecular formula is C23H24N4O2. The van der Waals surface area contributed by atoms with Gasteiger partial charge in [0.2, 0.25) is 0 Å². The standard InChI is InChI=1S/C23H24N4O2/c1-23(2,3)29-22(28)27-14-18-19(27)13-26(18)21-17-12-8-7-11-16(17)20(24-25-21)15-9-5-4-6-10-15/h4-12,18-19H,13-14H2,1-3H3/t18-,19?/m1/s1. The van der Waals surface area contributed by atoms with Crippen molar-refractivity contribution in [1.29, 1.82) is 0 Å². The minimum atomic E-state index is -0.472. The molecule has 1 amide bonds. The number of hydrogen-bond acceptors (Lipinski definition) is 5. The van der Waals surface area contributed by atoms with Crippen molar-refractivity contribution in [2.24, 2.45) is 0 Å². The summed E-state index contributed by atoms with van der Waals surface area (Å²) in [6, 6.07) is 18.9. The molecule has 6 heteroatoms. The molecule has 1 aromatic heterocycles. The number of benzene rings is 2. The second-order valence-corrected chi connectivity index (χ2v) is 8.70. The summed E-state index contributed by atoms with van der Waals surface area (Å²) in [4.78, 5) is 16.4. The van der Waals surface area contributed by atoms with Crippen LogP contribution in [0.5, 0.6) is 0 Å². The van der Waals surface area contributed by atoms with E-state index >= 15 is 0 Å². The molecule has 0 spiro atoms. The maximum atomic E-state index is 12.3. The average Bonchev–Trinajstić information content (AvgIpc) is 2.68. The van der Waals surface area contributed by atoms with E-state index in [1.54, 1.807) is 0 Å². The SMILES string of the molecule is CC(C)(C)OC(=O)N1C[C@@H]2C1CN2c1nnc(-c2ccccc2)c2ccccc12. The summed E-state index contributed by atoms with van der Waals surface area (Å²) in [7, 11) is 0. The first-order valence-electron chi connectivity index (χ1n) is 9.99. The van der Waals surface area contributed by atoms with Crippen LogP contribution in [0.1, 0.15) is 20.8 Å². The zero-order chi connectivity index (χ0) is 20.2. The van der Waals surface area contributed by atoms with Crippen LogP contribution in [0, 0.1) is 0 Å². The van der Waals surface area contributed by atoms with Crippen molar-refractivity contribution >= 4 is 22.7 Å². The molecule has 5 rings (SSSR count). The second-order valence-electron chi connectivity index (χ2n) is 8.70. The van der Waals surface area contributed by atoms with Crippen molar-refractivity contribution in [1.82, 2.24) is 15.1 Å². The second kappa shape index (κ2) is 6.44. The number of aromatic nitrogens is 2. The van der Waals surface area contributed by atoms with Crippen LogP contribution >= 0.6 is 0 Å². The summed E-state index contributed by atoms with van der Waals surface area (Å²) in [5.41, 5.74) is 1.48. The smallest absolute Gasteiger partial charge is 0.410 e. The van der Waals surface area contributed by atoms with Crippen molar-refractivity contribution in [3.05, 3.63) is 54.6 Å². The lowest BCUT2D eigenvalue weighted by Crippen LogP contribution is -2.80. The maximum Gasteiger partial charge on any atom is 0.410 e. The summed E-state index contributed by atoms with van der Waals surface area (Å²) in [6.45, 7) is 7.10. The first-order valence-corrected chi connectivity index (χ1v) is 9.99. The van der Waals surface area contributed by atoms with Crippen LogP contribution in [-0.2, 0) is 4.74 Å². The summed E-state index contributed by atoms with van der Waals surface area (Å²) < 4.78 is 5.51. The number of rotatable bonds is 2. The van der Waals surface area contributed by atoms with E-state index in [0.29, 0.717) is 6.54 Å². The fraction of sp³-hybridized carbons (Fsp3) is 0.348. The van der Waals surface area contributed by atoms with Crippen molar-refractivity contribution in [2.45, 2.75) is 38.5 Å². The maximum absolute atomic E-state index is 12.3. The molecule has 148 valence electrons. The van der Waals surface area contributed by atoms with Gasteiger partial charge in [-0.05, 0) is 20.8 Å². The van der Waals surface area contributed by atoms with E-state index in [-0.39, 0.29) is 18.2 Å². The quantitative estimate of drug-likeness (QED) is 0.661. The highest BCUT2D eigenvalue weighted by molar-refractivity contribution is 6.00. The molecule has 2 aliphatic rings. The third-order valence-corrected chi connectivity index (χ3v) is 5.63. The van der Waals surface area contributed by atoms with Gasteiger partial charge in [0.1, 0.15) is 11.3 Å². The van der Waals surface area contributed by atoms with E-state index in [1.807, 2.05) is 56.0 Å². The van der Waals surface area contributed by atoms with Gasteiger partial charge in [-0.2, -0.15) is 0 Å². The van der Waals surface area contributed by atoms with Crippen LogP contribution in [0.3, 0.4) is 0 Å². The first kappa shape index (κ1) is 17.9. The zero-order valence-corrected chi connectivity index (χ0v) is 16.9. The summed E-state index contributed by atoms with van der Waals surface area (Å²) in [5.74, 6) is 0.894. The third kappa shape index (κ3) is 2.99. The van der Waals surface area contributed by atoms with Gasteiger partial charge in [-0.1, -0.05) is 54.6 Å². The number of likely N-dealkylation sites (tertiary alicyclic amines) is 1. The Morgan fingerprint density at radius 2 is 1.62 bits per heavy atom. The molecule has 0 bridgehead atoms. The molecule has 3 heterocycles. The number of amides is 1. The van der Waals surface area contributed by atoms with E-state index < -0.39 is 5.60 Å². The largest absolute Gasteiger partial charge is 0.444 e. The Labute approximate surface area is 170 Å². The molecule has 2 fully saturated rings. The number of fused-ring (bicyclic) bond motifs is 2. The number of piperazine rings is 1. The number of hydrogen-bond donors (Lipinski definition) is 0. The highest BCUT2D eigenvalue weighted by Gasteiger charge is 2.55. The monoisotopic (exact) mass is 388 g/mol. The Morgan fingerprint density at radius 1 is 0.931 bits per heavy atom.